The molecule has 1 aliphatic heterocycles. The van der Waals surface area contributed by atoms with Gasteiger partial charge in [0.15, 0.2) is 0 Å². The van der Waals surface area contributed by atoms with Crippen molar-refractivity contribution in [2.24, 2.45) is 0 Å². The summed E-state index contributed by atoms with van der Waals surface area (Å²) in [7, 11) is -6.93. The molecule has 2 amide bonds. The standard InChI is InChI=1S/C27H44FNO4P2/c1-19(2)34(32,20(3)4)27(28,35(33,21(5)6)22(7)8)17-13-9-10-14-18-29-25(30)23-15-11-12-16-24(23)26(29)31/h11-12,15-16,19-22H,9-10,13-14,17-18H2,1-8H3. The third kappa shape index (κ3) is 5.12. The van der Waals surface area contributed by atoms with Crippen LogP contribution in [-0.4, -0.2) is 51.0 Å². The van der Waals surface area contributed by atoms with Crippen LogP contribution in [0.4, 0.5) is 4.39 Å². The van der Waals surface area contributed by atoms with Gasteiger partial charge in [0.1, 0.15) is 14.3 Å². The lowest BCUT2D eigenvalue weighted by molar-refractivity contribution is 0.0651. The monoisotopic (exact) mass is 527 g/mol. The molecule has 8 heteroatoms. The number of fused-ring (bicyclic) bond motifs is 1. The van der Waals surface area contributed by atoms with Gasteiger partial charge in [-0.25, -0.2) is 4.39 Å². The lowest BCUT2D eigenvalue weighted by atomic mass is 10.1. The number of benzene rings is 1. The predicted molar refractivity (Wildman–Crippen MR) is 144 cm³/mol. The van der Waals surface area contributed by atoms with Crippen molar-refractivity contribution < 1.29 is 23.1 Å². The average molecular weight is 528 g/mol. The molecule has 0 spiro atoms. The Kier molecular flexibility index (Phi) is 9.79. The van der Waals surface area contributed by atoms with Gasteiger partial charge in [0.2, 0.25) is 5.15 Å². The predicted octanol–water partition coefficient (Wildman–Crippen LogP) is 8.22. The third-order valence-corrected chi connectivity index (χ3v) is 18.2. The normalized spacial score (nSPS) is 15.3. The summed E-state index contributed by atoms with van der Waals surface area (Å²) in [6.45, 7) is 14.7. The second-order valence-electron chi connectivity index (χ2n) is 11.0. The van der Waals surface area contributed by atoms with Gasteiger partial charge in [-0.05, 0) is 31.4 Å². The van der Waals surface area contributed by atoms with E-state index in [9.17, 15) is 18.7 Å². The number of amides is 2. The van der Waals surface area contributed by atoms with Crippen LogP contribution in [0.5, 0.6) is 0 Å². The first kappa shape index (κ1) is 30.0. The van der Waals surface area contributed by atoms with E-state index in [-0.39, 0.29) is 18.2 Å². The number of halogens is 1. The molecule has 0 bridgehead atoms. The Hall–Kier alpha value is -1.25. The number of hydrogen-bond donors (Lipinski definition) is 0. The Morgan fingerprint density at radius 2 is 1.09 bits per heavy atom. The van der Waals surface area contributed by atoms with Crippen LogP contribution in [0.15, 0.2) is 24.3 Å². The van der Waals surface area contributed by atoms with Crippen LogP contribution in [0.3, 0.4) is 0 Å². The van der Waals surface area contributed by atoms with E-state index in [0.29, 0.717) is 43.4 Å². The zero-order valence-electron chi connectivity index (χ0n) is 22.7. The van der Waals surface area contributed by atoms with Crippen LogP contribution in [0.2, 0.25) is 0 Å². The van der Waals surface area contributed by atoms with E-state index in [4.69, 9.17) is 0 Å². The number of hydrogen-bond acceptors (Lipinski definition) is 4. The molecule has 0 radical (unpaired) electrons. The summed E-state index contributed by atoms with van der Waals surface area (Å²) in [5.74, 6) is -0.532. The Balaban J connectivity index is 2.10. The maximum absolute atomic E-state index is 17.3. The van der Waals surface area contributed by atoms with Gasteiger partial charge in [-0.3, -0.25) is 14.5 Å². The van der Waals surface area contributed by atoms with Crippen LogP contribution in [0.25, 0.3) is 0 Å². The molecular formula is C27H44FNO4P2. The fourth-order valence-electron chi connectivity index (χ4n) is 5.78. The van der Waals surface area contributed by atoms with Gasteiger partial charge in [0, 0.05) is 29.2 Å². The summed E-state index contributed by atoms with van der Waals surface area (Å²) in [6.07, 6.45) is 2.45. The van der Waals surface area contributed by atoms with E-state index in [1.807, 2.05) is 0 Å². The largest absolute Gasteiger partial charge is 0.319 e. The van der Waals surface area contributed by atoms with E-state index in [1.165, 1.54) is 4.90 Å². The van der Waals surface area contributed by atoms with Crippen molar-refractivity contribution in [3.8, 4) is 0 Å². The molecule has 2 rings (SSSR count). The lowest BCUT2D eigenvalue weighted by Crippen LogP contribution is -2.36. The molecule has 0 saturated carbocycles. The van der Waals surface area contributed by atoms with E-state index in [2.05, 4.69) is 0 Å². The van der Waals surface area contributed by atoms with Gasteiger partial charge in [0.05, 0.1) is 11.1 Å². The molecular weight excluding hydrogens is 483 g/mol. The molecule has 0 saturated heterocycles. The minimum absolute atomic E-state index is 0.0152. The van der Waals surface area contributed by atoms with Gasteiger partial charge in [-0.2, -0.15) is 0 Å². The molecule has 198 valence electrons. The number of alkyl halides is 1. The molecule has 1 aliphatic rings. The quantitative estimate of drug-likeness (QED) is 0.147. The summed E-state index contributed by atoms with van der Waals surface area (Å²) in [4.78, 5) is 26.3. The Morgan fingerprint density at radius 1 is 0.714 bits per heavy atom. The smallest absolute Gasteiger partial charge is 0.261 e. The van der Waals surface area contributed by atoms with Crippen molar-refractivity contribution in [1.82, 2.24) is 4.90 Å². The minimum Gasteiger partial charge on any atom is -0.319 e. The Bertz CT molecular complexity index is 925. The second kappa shape index (κ2) is 11.4. The molecule has 1 aromatic rings. The van der Waals surface area contributed by atoms with Crippen molar-refractivity contribution in [3.05, 3.63) is 35.4 Å². The molecule has 5 nitrogen and oxygen atoms in total. The summed E-state index contributed by atoms with van der Waals surface area (Å²) >= 11 is 0. The highest BCUT2D eigenvalue weighted by Gasteiger charge is 2.64. The molecule has 0 aliphatic carbocycles. The molecule has 0 N–H and O–H groups in total. The zero-order chi connectivity index (χ0) is 26.8. The average Bonchev–Trinajstić information content (AvgIpc) is 3.03. The van der Waals surface area contributed by atoms with Crippen LogP contribution >= 0.6 is 14.3 Å². The summed E-state index contributed by atoms with van der Waals surface area (Å²) in [5.41, 5.74) is -0.703. The Morgan fingerprint density at radius 3 is 1.46 bits per heavy atom. The lowest BCUT2D eigenvalue weighted by Gasteiger charge is -2.47. The first-order valence-corrected chi connectivity index (χ1v) is 16.7. The van der Waals surface area contributed by atoms with Crippen molar-refractivity contribution in [2.45, 2.75) is 115 Å². The minimum atomic E-state index is -3.46. The van der Waals surface area contributed by atoms with Gasteiger partial charge >= 0.3 is 0 Å². The highest BCUT2D eigenvalue weighted by molar-refractivity contribution is 7.84. The molecule has 1 aromatic carbocycles. The van der Waals surface area contributed by atoms with Crippen molar-refractivity contribution >= 4 is 26.1 Å². The summed E-state index contributed by atoms with van der Waals surface area (Å²) in [5, 5.41) is -2.20. The summed E-state index contributed by atoms with van der Waals surface area (Å²) in [6, 6.07) is 6.83. The maximum Gasteiger partial charge on any atom is 0.261 e. The maximum atomic E-state index is 17.3. The molecule has 0 atom stereocenters. The number of imide groups is 1. The van der Waals surface area contributed by atoms with E-state index in [0.717, 1.165) is 0 Å². The zero-order valence-corrected chi connectivity index (χ0v) is 24.5. The van der Waals surface area contributed by atoms with Gasteiger partial charge < -0.3 is 9.13 Å². The van der Waals surface area contributed by atoms with Crippen molar-refractivity contribution in [1.29, 1.82) is 0 Å². The highest BCUT2D eigenvalue weighted by atomic mass is 31.2. The second-order valence-corrected chi connectivity index (χ2v) is 19.7. The van der Waals surface area contributed by atoms with Gasteiger partial charge in [-0.15, -0.1) is 0 Å². The van der Waals surface area contributed by atoms with Crippen LogP contribution in [0.1, 0.15) is 108 Å². The van der Waals surface area contributed by atoms with E-state index in [1.54, 1.807) is 79.7 Å². The molecule has 1 heterocycles. The molecule has 35 heavy (non-hydrogen) atoms. The van der Waals surface area contributed by atoms with Crippen molar-refractivity contribution in [3.63, 3.8) is 0 Å². The van der Waals surface area contributed by atoms with Gasteiger partial charge in [0.25, 0.3) is 11.8 Å². The van der Waals surface area contributed by atoms with Crippen molar-refractivity contribution in [2.75, 3.05) is 6.54 Å². The first-order chi connectivity index (χ1) is 16.2. The van der Waals surface area contributed by atoms with E-state index < -0.39 is 42.1 Å². The molecule has 0 unspecified atom stereocenters. The van der Waals surface area contributed by atoms with Crippen LogP contribution < -0.4 is 0 Å². The van der Waals surface area contributed by atoms with Gasteiger partial charge in [-0.1, -0.05) is 80.4 Å². The number of unbranched alkanes of at least 4 members (excludes halogenated alkanes) is 3. The van der Waals surface area contributed by atoms with Crippen LogP contribution in [0, 0.1) is 0 Å². The molecule has 0 aromatic heterocycles. The summed E-state index contributed by atoms with van der Waals surface area (Å²) < 4.78 is 45.9. The Labute approximate surface area is 211 Å². The highest BCUT2D eigenvalue weighted by Crippen LogP contribution is 2.84. The number of nitrogens with zero attached hydrogens (tertiary/aromatic N) is 1. The van der Waals surface area contributed by atoms with E-state index >= 15 is 4.39 Å². The number of rotatable bonds is 13. The third-order valence-electron chi connectivity index (χ3n) is 7.64. The first-order valence-electron chi connectivity index (χ1n) is 13.0. The molecule has 0 fully saturated rings. The number of carbonyl (C=O) groups excluding carboxylic acids is 2. The van der Waals surface area contributed by atoms with Crippen LogP contribution in [-0.2, 0) is 9.13 Å². The topological polar surface area (TPSA) is 71.5 Å². The SMILES string of the molecule is CC(C)P(=O)(C(C)C)C(F)(CCCCCCN1C(=O)c2ccccc2C1=O)P(=O)(C(C)C)C(C)C. The fraction of sp³-hybridized carbons (Fsp3) is 0.704. The number of carbonyl (C=O) groups is 2. The fourth-order valence-corrected chi connectivity index (χ4v) is 17.1.